The first-order valence-corrected chi connectivity index (χ1v) is 7.77. The Kier molecular flexibility index (Phi) is 8.04. The highest BCUT2D eigenvalue weighted by atomic mass is 16.4. The molecule has 6 heteroatoms. The molecular formula is C16H30O6. The van der Waals surface area contributed by atoms with E-state index in [-0.39, 0.29) is 5.92 Å². The molecule has 0 bridgehead atoms. The van der Waals surface area contributed by atoms with Crippen molar-refractivity contribution >= 4 is 11.9 Å². The third kappa shape index (κ3) is 5.93. The molecule has 1 fully saturated rings. The number of aliphatic hydroxyl groups excluding tert-OH is 1. The molecule has 1 aliphatic rings. The Balaban J connectivity index is 0.000000626. The summed E-state index contributed by atoms with van der Waals surface area (Å²) in [4.78, 5) is 20.6. The summed E-state index contributed by atoms with van der Waals surface area (Å²) in [5.74, 6) is -1.11. The Hall–Kier alpha value is -1.14. The molecule has 5 unspecified atom stereocenters. The van der Waals surface area contributed by atoms with Crippen LogP contribution in [0.25, 0.3) is 0 Å². The predicted molar refractivity (Wildman–Crippen MR) is 82.4 cm³/mol. The fourth-order valence-corrected chi connectivity index (χ4v) is 3.01. The summed E-state index contributed by atoms with van der Waals surface area (Å²) in [5.41, 5.74) is -1.58. The minimum absolute atomic E-state index is 0.117. The maximum absolute atomic E-state index is 11.1. The van der Waals surface area contributed by atoms with Gasteiger partial charge < -0.3 is 20.4 Å². The van der Waals surface area contributed by atoms with E-state index in [1.54, 1.807) is 0 Å². The van der Waals surface area contributed by atoms with Crippen LogP contribution < -0.4 is 0 Å². The zero-order valence-electron chi connectivity index (χ0n) is 14.1. The van der Waals surface area contributed by atoms with Crippen LogP contribution in [0.1, 0.15) is 53.9 Å². The van der Waals surface area contributed by atoms with Gasteiger partial charge in [0, 0.05) is 5.92 Å². The molecule has 130 valence electrons. The van der Waals surface area contributed by atoms with Crippen LogP contribution in [0.15, 0.2) is 0 Å². The van der Waals surface area contributed by atoms with Gasteiger partial charge in [0.2, 0.25) is 0 Å². The van der Waals surface area contributed by atoms with Crippen molar-refractivity contribution in [1.29, 1.82) is 0 Å². The molecule has 0 aromatic heterocycles. The Morgan fingerprint density at radius 1 is 1.14 bits per heavy atom. The molecule has 1 aliphatic carbocycles. The molecule has 0 aromatic rings. The molecule has 0 amide bonds. The monoisotopic (exact) mass is 318 g/mol. The maximum atomic E-state index is 11.1. The van der Waals surface area contributed by atoms with E-state index in [1.807, 2.05) is 0 Å². The van der Waals surface area contributed by atoms with Crippen LogP contribution in [0.2, 0.25) is 0 Å². The number of carboxylic acids is 2. The molecule has 0 spiro atoms. The van der Waals surface area contributed by atoms with E-state index in [0.29, 0.717) is 17.8 Å². The minimum atomic E-state index is -1.58. The molecular weight excluding hydrogens is 288 g/mol. The van der Waals surface area contributed by atoms with Crippen molar-refractivity contribution in [2.75, 3.05) is 0 Å². The van der Waals surface area contributed by atoms with Crippen molar-refractivity contribution in [2.45, 2.75) is 65.6 Å². The second-order valence-electron chi connectivity index (χ2n) is 6.90. The highest BCUT2D eigenvalue weighted by Gasteiger charge is 2.46. The van der Waals surface area contributed by atoms with Crippen LogP contribution in [0.4, 0.5) is 0 Å². The van der Waals surface area contributed by atoms with Crippen molar-refractivity contribution in [3.63, 3.8) is 0 Å². The molecule has 0 saturated heterocycles. The zero-order chi connectivity index (χ0) is 17.7. The first kappa shape index (κ1) is 20.9. The Morgan fingerprint density at radius 2 is 1.59 bits per heavy atom. The van der Waals surface area contributed by atoms with E-state index in [4.69, 9.17) is 15.3 Å². The second-order valence-corrected chi connectivity index (χ2v) is 6.90. The van der Waals surface area contributed by atoms with Gasteiger partial charge in [-0.2, -0.15) is 0 Å². The summed E-state index contributed by atoms with van der Waals surface area (Å²) in [7, 11) is 0. The zero-order valence-corrected chi connectivity index (χ0v) is 14.1. The first-order valence-electron chi connectivity index (χ1n) is 7.77. The number of aliphatic hydroxyl groups is 2. The summed E-state index contributed by atoms with van der Waals surface area (Å²) in [5, 5.41) is 35.1. The number of rotatable bonds is 4. The van der Waals surface area contributed by atoms with Gasteiger partial charge in [-0.3, -0.25) is 0 Å². The van der Waals surface area contributed by atoms with Crippen molar-refractivity contribution < 1.29 is 30.0 Å². The third-order valence-corrected chi connectivity index (χ3v) is 4.53. The SMILES string of the molecule is CC(O)C(=O)O.CC1CCC(C(C)C)C(C(C)(O)C(=O)O)C1. The standard InChI is InChI=1S/C13H24O3.C3H6O3/c1-8(2)10-6-5-9(3)7-11(10)13(4,16)12(14)15;1-2(4)3(5)6/h8-11,16H,5-7H2,1-4H3,(H,14,15);2,4H,1H3,(H,5,6). The highest BCUT2D eigenvalue weighted by Crippen LogP contribution is 2.43. The number of aliphatic carboxylic acids is 2. The molecule has 6 nitrogen and oxygen atoms in total. The van der Waals surface area contributed by atoms with Gasteiger partial charge >= 0.3 is 11.9 Å². The van der Waals surface area contributed by atoms with Crippen LogP contribution in [-0.4, -0.2) is 44.1 Å². The van der Waals surface area contributed by atoms with E-state index in [0.717, 1.165) is 19.3 Å². The summed E-state index contributed by atoms with van der Waals surface area (Å²) in [6, 6.07) is 0. The average Bonchev–Trinajstić information content (AvgIpc) is 2.38. The molecule has 1 saturated carbocycles. The fourth-order valence-electron chi connectivity index (χ4n) is 3.01. The van der Waals surface area contributed by atoms with Crippen molar-refractivity contribution in [2.24, 2.45) is 23.7 Å². The predicted octanol–water partition coefficient (Wildman–Crippen LogP) is 1.98. The molecule has 5 atom stereocenters. The van der Waals surface area contributed by atoms with E-state index < -0.39 is 23.6 Å². The Bertz CT molecular complexity index is 375. The van der Waals surface area contributed by atoms with Gasteiger partial charge in [-0.25, -0.2) is 9.59 Å². The molecule has 0 radical (unpaired) electrons. The van der Waals surface area contributed by atoms with Crippen LogP contribution in [0.3, 0.4) is 0 Å². The lowest BCUT2D eigenvalue weighted by Crippen LogP contribution is -2.49. The molecule has 22 heavy (non-hydrogen) atoms. The summed E-state index contributed by atoms with van der Waals surface area (Å²) in [6.45, 7) is 9.02. The first-order chi connectivity index (χ1) is 9.91. The van der Waals surface area contributed by atoms with Gasteiger partial charge in [0.15, 0.2) is 5.60 Å². The molecule has 1 rings (SSSR count). The smallest absolute Gasteiger partial charge is 0.335 e. The fraction of sp³-hybridized carbons (Fsp3) is 0.875. The normalized spacial score (nSPS) is 29.0. The quantitative estimate of drug-likeness (QED) is 0.630. The van der Waals surface area contributed by atoms with Gasteiger partial charge in [0.25, 0.3) is 0 Å². The third-order valence-electron chi connectivity index (χ3n) is 4.53. The summed E-state index contributed by atoms with van der Waals surface area (Å²) < 4.78 is 0. The van der Waals surface area contributed by atoms with Gasteiger partial charge in [-0.15, -0.1) is 0 Å². The molecule has 0 heterocycles. The van der Waals surface area contributed by atoms with Crippen LogP contribution >= 0.6 is 0 Å². The van der Waals surface area contributed by atoms with Gasteiger partial charge in [0.1, 0.15) is 6.10 Å². The van der Waals surface area contributed by atoms with E-state index in [9.17, 15) is 14.7 Å². The lowest BCUT2D eigenvalue weighted by molar-refractivity contribution is -0.168. The van der Waals surface area contributed by atoms with Gasteiger partial charge in [0.05, 0.1) is 0 Å². The number of hydrogen-bond donors (Lipinski definition) is 4. The van der Waals surface area contributed by atoms with Crippen LogP contribution in [0.5, 0.6) is 0 Å². The number of hydrogen-bond acceptors (Lipinski definition) is 4. The van der Waals surface area contributed by atoms with E-state index in [2.05, 4.69) is 20.8 Å². The van der Waals surface area contributed by atoms with Crippen molar-refractivity contribution in [3.8, 4) is 0 Å². The average molecular weight is 318 g/mol. The minimum Gasteiger partial charge on any atom is -0.479 e. The Labute approximate surface area is 132 Å². The lowest BCUT2D eigenvalue weighted by Gasteiger charge is -2.43. The van der Waals surface area contributed by atoms with Crippen molar-refractivity contribution in [1.82, 2.24) is 0 Å². The van der Waals surface area contributed by atoms with Crippen LogP contribution in [-0.2, 0) is 9.59 Å². The lowest BCUT2D eigenvalue weighted by atomic mass is 9.64. The van der Waals surface area contributed by atoms with Gasteiger partial charge in [-0.05, 0) is 44.4 Å². The molecule has 0 aromatic carbocycles. The maximum Gasteiger partial charge on any atom is 0.335 e. The number of carboxylic acid groups (broad SMARTS) is 2. The molecule has 0 aliphatic heterocycles. The highest BCUT2D eigenvalue weighted by molar-refractivity contribution is 5.77. The largest absolute Gasteiger partial charge is 0.479 e. The van der Waals surface area contributed by atoms with Crippen molar-refractivity contribution in [3.05, 3.63) is 0 Å². The summed E-state index contributed by atoms with van der Waals surface area (Å²) in [6.07, 6.45) is 1.77. The van der Waals surface area contributed by atoms with E-state index >= 15 is 0 Å². The Morgan fingerprint density at radius 3 is 1.91 bits per heavy atom. The van der Waals surface area contributed by atoms with E-state index in [1.165, 1.54) is 13.8 Å². The topological polar surface area (TPSA) is 115 Å². The van der Waals surface area contributed by atoms with Gasteiger partial charge in [-0.1, -0.05) is 27.2 Å². The van der Waals surface area contributed by atoms with Crippen LogP contribution in [0, 0.1) is 23.7 Å². The second kappa shape index (κ2) is 8.48. The number of carbonyl (C=O) groups is 2. The molecule has 4 N–H and O–H groups in total. The summed E-state index contributed by atoms with van der Waals surface area (Å²) >= 11 is 0.